The maximum absolute atomic E-state index is 13.5. The Morgan fingerprint density at radius 3 is 2.60 bits per heavy atom. The largest absolute Gasteiger partial charge is 0.383 e. The Labute approximate surface area is 115 Å². The second kappa shape index (κ2) is 8.19. The van der Waals surface area contributed by atoms with Crippen LogP contribution in [0, 0.1) is 23.0 Å². The molecule has 0 bridgehead atoms. The average Bonchev–Trinajstić information content (AvgIpc) is 2.41. The number of amides is 1. The summed E-state index contributed by atoms with van der Waals surface area (Å²) in [5.41, 5.74) is -0.283. The molecule has 7 heteroatoms. The second-order valence-electron chi connectivity index (χ2n) is 3.98. The Kier molecular flexibility index (Phi) is 6.56. The van der Waals surface area contributed by atoms with Gasteiger partial charge in [0.05, 0.1) is 24.8 Å². The standard InChI is InChI=1S/C13H15F2N3O2/c1-20-3-2-18-13(19)8-17-7-10-11(14)4-9(6-16)5-12(10)15/h4-5,17H,2-3,7-8H2,1H3,(H,18,19). The molecule has 0 aliphatic heterocycles. The van der Waals surface area contributed by atoms with Crippen LogP contribution in [-0.4, -0.2) is 32.7 Å². The van der Waals surface area contributed by atoms with Crippen molar-refractivity contribution in [3.63, 3.8) is 0 Å². The lowest BCUT2D eigenvalue weighted by molar-refractivity contribution is -0.120. The highest BCUT2D eigenvalue weighted by Crippen LogP contribution is 2.14. The summed E-state index contributed by atoms with van der Waals surface area (Å²) in [5.74, 6) is -1.92. The first-order valence-corrected chi connectivity index (χ1v) is 5.93. The molecule has 1 rings (SSSR count). The van der Waals surface area contributed by atoms with E-state index in [2.05, 4.69) is 10.6 Å². The van der Waals surface area contributed by atoms with Gasteiger partial charge >= 0.3 is 0 Å². The molecule has 0 fully saturated rings. The molecule has 0 atom stereocenters. The van der Waals surface area contributed by atoms with Crippen molar-refractivity contribution in [3.05, 3.63) is 34.9 Å². The van der Waals surface area contributed by atoms with Crippen molar-refractivity contribution in [2.45, 2.75) is 6.54 Å². The number of methoxy groups -OCH3 is 1. The molecule has 0 saturated heterocycles. The van der Waals surface area contributed by atoms with Crippen molar-refractivity contribution in [1.29, 1.82) is 5.26 Å². The SMILES string of the molecule is COCCNC(=O)CNCc1c(F)cc(C#N)cc1F. The van der Waals surface area contributed by atoms with Crippen LogP contribution in [0.3, 0.4) is 0 Å². The van der Waals surface area contributed by atoms with Crippen molar-refractivity contribution in [2.24, 2.45) is 0 Å². The van der Waals surface area contributed by atoms with Crippen LogP contribution in [0.1, 0.15) is 11.1 Å². The highest BCUT2D eigenvalue weighted by atomic mass is 19.1. The number of nitriles is 1. The average molecular weight is 283 g/mol. The number of nitrogens with zero attached hydrogens (tertiary/aromatic N) is 1. The van der Waals surface area contributed by atoms with E-state index < -0.39 is 11.6 Å². The molecule has 108 valence electrons. The maximum atomic E-state index is 13.5. The molecule has 1 aromatic carbocycles. The quantitative estimate of drug-likeness (QED) is 0.722. The van der Waals surface area contributed by atoms with Crippen LogP contribution in [0.2, 0.25) is 0 Å². The minimum absolute atomic E-state index is 0.0669. The van der Waals surface area contributed by atoms with E-state index in [9.17, 15) is 13.6 Å². The fourth-order valence-corrected chi connectivity index (χ4v) is 1.49. The van der Waals surface area contributed by atoms with E-state index in [1.54, 1.807) is 6.07 Å². The molecule has 0 heterocycles. The molecular weight excluding hydrogens is 268 g/mol. The lowest BCUT2D eigenvalue weighted by Gasteiger charge is -2.08. The van der Waals surface area contributed by atoms with E-state index in [1.165, 1.54) is 7.11 Å². The van der Waals surface area contributed by atoms with Gasteiger partial charge in [0.1, 0.15) is 11.6 Å². The molecule has 0 saturated carbocycles. The number of benzene rings is 1. The van der Waals surface area contributed by atoms with Crippen molar-refractivity contribution in [1.82, 2.24) is 10.6 Å². The summed E-state index contributed by atoms with van der Waals surface area (Å²) in [7, 11) is 1.51. The number of rotatable bonds is 7. The number of halogens is 2. The van der Waals surface area contributed by atoms with E-state index in [4.69, 9.17) is 10.00 Å². The van der Waals surface area contributed by atoms with Gasteiger partial charge in [-0.15, -0.1) is 0 Å². The van der Waals surface area contributed by atoms with Crippen LogP contribution in [0.5, 0.6) is 0 Å². The molecule has 2 N–H and O–H groups in total. The first-order valence-electron chi connectivity index (χ1n) is 5.93. The van der Waals surface area contributed by atoms with E-state index in [0.29, 0.717) is 13.2 Å². The normalized spacial score (nSPS) is 10.1. The summed E-state index contributed by atoms with van der Waals surface area (Å²) in [6, 6.07) is 3.58. The van der Waals surface area contributed by atoms with E-state index in [0.717, 1.165) is 12.1 Å². The van der Waals surface area contributed by atoms with Crippen LogP contribution < -0.4 is 10.6 Å². The summed E-state index contributed by atoms with van der Waals surface area (Å²) in [4.78, 5) is 11.3. The van der Waals surface area contributed by atoms with Crippen LogP contribution in [0.15, 0.2) is 12.1 Å². The maximum Gasteiger partial charge on any atom is 0.234 e. The van der Waals surface area contributed by atoms with Crippen LogP contribution in [0.4, 0.5) is 8.78 Å². The Hall–Kier alpha value is -2.04. The summed E-state index contributed by atoms with van der Waals surface area (Å²) in [5, 5.41) is 13.8. The van der Waals surface area contributed by atoms with Gasteiger partial charge in [0, 0.05) is 25.8 Å². The van der Waals surface area contributed by atoms with Gasteiger partial charge in [-0.1, -0.05) is 0 Å². The molecule has 1 aromatic rings. The van der Waals surface area contributed by atoms with E-state index in [1.807, 2.05) is 0 Å². The molecule has 0 unspecified atom stereocenters. The first-order chi connectivity index (χ1) is 9.58. The Morgan fingerprint density at radius 1 is 1.40 bits per heavy atom. The highest BCUT2D eigenvalue weighted by molar-refractivity contribution is 5.77. The summed E-state index contributed by atoms with van der Waals surface area (Å²) in [6.07, 6.45) is 0. The lowest BCUT2D eigenvalue weighted by Crippen LogP contribution is -2.35. The molecule has 0 aliphatic carbocycles. The van der Waals surface area contributed by atoms with Gasteiger partial charge in [-0.25, -0.2) is 8.78 Å². The minimum atomic E-state index is -0.811. The zero-order valence-corrected chi connectivity index (χ0v) is 11.0. The zero-order chi connectivity index (χ0) is 15.0. The number of ether oxygens (including phenoxy) is 1. The fraction of sp³-hybridized carbons (Fsp3) is 0.385. The predicted octanol–water partition coefficient (Wildman–Crippen LogP) is 0.689. The molecule has 20 heavy (non-hydrogen) atoms. The van der Waals surface area contributed by atoms with Gasteiger partial charge < -0.3 is 15.4 Å². The van der Waals surface area contributed by atoms with Crippen LogP contribution in [-0.2, 0) is 16.1 Å². The third-order valence-electron chi connectivity index (χ3n) is 2.49. The van der Waals surface area contributed by atoms with Crippen LogP contribution >= 0.6 is 0 Å². The van der Waals surface area contributed by atoms with Gasteiger partial charge in [-0.05, 0) is 12.1 Å². The van der Waals surface area contributed by atoms with E-state index in [-0.39, 0.29) is 30.1 Å². The molecule has 0 radical (unpaired) electrons. The Bertz CT molecular complexity index is 492. The minimum Gasteiger partial charge on any atom is -0.383 e. The Balaban J connectivity index is 2.47. The number of hydrogen-bond acceptors (Lipinski definition) is 4. The number of nitrogens with one attached hydrogen (secondary N) is 2. The van der Waals surface area contributed by atoms with Crippen molar-refractivity contribution in [2.75, 3.05) is 26.8 Å². The molecule has 0 spiro atoms. The summed E-state index contributed by atoms with van der Waals surface area (Å²) in [6.45, 7) is 0.560. The summed E-state index contributed by atoms with van der Waals surface area (Å²) < 4.78 is 31.8. The second-order valence-corrected chi connectivity index (χ2v) is 3.98. The lowest BCUT2D eigenvalue weighted by atomic mass is 10.1. The number of hydrogen-bond donors (Lipinski definition) is 2. The number of carbonyl (C=O) groups is 1. The number of carbonyl (C=O) groups excluding carboxylic acids is 1. The smallest absolute Gasteiger partial charge is 0.234 e. The third kappa shape index (κ3) is 4.91. The molecule has 5 nitrogen and oxygen atoms in total. The van der Waals surface area contributed by atoms with Gasteiger partial charge in [0.15, 0.2) is 0 Å². The van der Waals surface area contributed by atoms with E-state index >= 15 is 0 Å². The molecule has 1 amide bonds. The zero-order valence-electron chi connectivity index (χ0n) is 11.0. The van der Waals surface area contributed by atoms with Crippen molar-refractivity contribution >= 4 is 5.91 Å². The molecule has 0 aliphatic rings. The fourth-order valence-electron chi connectivity index (χ4n) is 1.49. The van der Waals surface area contributed by atoms with Crippen molar-refractivity contribution in [3.8, 4) is 6.07 Å². The van der Waals surface area contributed by atoms with Gasteiger partial charge in [0.25, 0.3) is 0 Å². The van der Waals surface area contributed by atoms with Crippen LogP contribution in [0.25, 0.3) is 0 Å². The van der Waals surface area contributed by atoms with Gasteiger partial charge in [-0.2, -0.15) is 5.26 Å². The highest BCUT2D eigenvalue weighted by Gasteiger charge is 2.11. The molecular formula is C13H15F2N3O2. The summed E-state index contributed by atoms with van der Waals surface area (Å²) >= 11 is 0. The predicted molar refractivity (Wildman–Crippen MR) is 67.7 cm³/mol. The third-order valence-corrected chi connectivity index (χ3v) is 2.49. The topological polar surface area (TPSA) is 74.2 Å². The van der Waals surface area contributed by atoms with Gasteiger partial charge in [0.2, 0.25) is 5.91 Å². The van der Waals surface area contributed by atoms with Gasteiger partial charge in [-0.3, -0.25) is 4.79 Å². The first kappa shape index (κ1) is 16.0. The Morgan fingerprint density at radius 2 is 2.05 bits per heavy atom. The molecule has 0 aromatic heterocycles. The monoisotopic (exact) mass is 283 g/mol. The van der Waals surface area contributed by atoms with Crippen molar-refractivity contribution < 1.29 is 18.3 Å².